The third-order valence-electron chi connectivity index (χ3n) is 8.24. The number of halogens is 1. The minimum absolute atomic E-state index is 0.00459. The van der Waals surface area contributed by atoms with Gasteiger partial charge in [-0.1, -0.05) is 36.7 Å². The predicted molar refractivity (Wildman–Crippen MR) is 174 cm³/mol. The zero-order valence-electron chi connectivity index (χ0n) is 25.6. The van der Waals surface area contributed by atoms with E-state index in [1.165, 1.54) is 35.6 Å². The van der Waals surface area contributed by atoms with E-state index in [-0.39, 0.29) is 60.1 Å². The largest absolute Gasteiger partial charge is 0.488 e. The molecule has 0 aliphatic carbocycles. The second-order valence-corrected chi connectivity index (χ2v) is 14.1. The van der Waals surface area contributed by atoms with Crippen LogP contribution in [0.3, 0.4) is 0 Å². The smallest absolute Gasteiger partial charge is 0.258 e. The minimum Gasteiger partial charge on any atom is -0.488 e. The lowest BCUT2D eigenvalue weighted by atomic mass is 9.99. The summed E-state index contributed by atoms with van der Waals surface area (Å²) in [6.07, 6.45) is 1.44. The Bertz CT molecular complexity index is 1820. The van der Waals surface area contributed by atoms with E-state index >= 15 is 0 Å². The number of aromatic nitrogens is 1. The van der Waals surface area contributed by atoms with Gasteiger partial charge in [0.2, 0.25) is 15.9 Å². The number of carbonyl (C=O) groups is 2. The fourth-order valence-corrected chi connectivity index (χ4v) is 6.91. The fraction of sp³-hybridized carbons (Fsp3) is 0.333. The van der Waals surface area contributed by atoms with E-state index in [2.05, 4.69) is 5.32 Å². The minimum atomic E-state index is -3.86. The van der Waals surface area contributed by atoms with Gasteiger partial charge < -0.3 is 24.6 Å². The fourth-order valence-electron chi connectivity index (χ4n) is 5.60. The molecule has 1 aromatic heterocycles. The molecule has 3 aromatic carbocycles. The van der Waals surface area contributed by atoms with Crippen LogP contribution in [0.2, 0.25) is 5.02 Å². The maximum atomic E-state index is 13.8. The predicted octanol–water partition coefficient (Wildman–Crippen LogP) is 4.55. The number of sulfonamides is 1. The highest BCUT2D eigenvalue weighted by Crippen LogP contribution is 2.31. The van der Waals surface area contributed by atoms with Gasteiger partial charge in [0.25, 0.3) is 5.91 Å². The molecule has 0 radical (unpaired) electrons. The molecular weight excluding hydrogens is 616 g/mol. The highest BCUT2D eigenvalue weighted by Gasteiger charge is 2.35. The molecule has 45 heavy (non-hydrogen) atoms. The maximum absolute atomic E-state index is 13.8. The third-order valence-corrected chi connectivity index (χ3v) is 10.3. The average molecular weight is 653 g/mol. The summed E-state index contributed by atoms with van der Waals surface area (Å²) in [7, 11) is -0.443. The van der Waals surface area contributed by atoms with Crippen molar-refractivity contribution in [1.29, 1.82) is 0 Å². The van der Waals surface area contributed by atoms with Crippen molar-refractivity contribution in [2.24, 2.45) is 13.0 Å². The molecule has 2 N–H and O–H groups in total. The van der Waals surface area contributed by atoms with Crippen LogP contribution >= 0.6 is 11.6 Å². The van der Waals surface area contributed by atoms with Crippen molar-refractivity contribution in [3.8, 4) is 5.75 Å². The summed E-state index contributed by atoms with van der Waals surface area (Å²) in [4.78, 5) is 28.6. The van der Waals surface area contributed by atoms with Crippen molar-refractivity contribution in [1.82, 2.24) is 13.8 Å². The molecule has 1 aliphatic heterocycles. The molecule has 1 aliphatic rings. The number of fused-ring (bicyclic) bond motifs is 2. The Balaban J connectivity index is 1.41. The van der Waals surface area contributed by atoms with Crippen LogP contribution < -0.4 is 10.1 Å². The van der Waals surface area contributed by atoms with Gasteiger partial charge in [-0.25, -0.2) is 8.42 Å². The van der Waals surface area contributed by atoms with Crippen LogP contribution in [0.5, 0.6) is 5.75 Å². The summed E-state index contributed by atoms with van der Waals surface area (Å²) in [5.41, 5.74) is 2.53. The van der Waals surface area contributed by atoms with E-state index in [1.54, 1.807) is 30.0 Å². The number of aliphatic hydroxyl groups is 1. The Morgan fingerprint density at radius 1 is 1.16 bits per heavy atom. The molecule has 238 valence electrons. The lowest BCUT2D eigenvalue weighted by molar-refractivity contribution is -0.115. The summed E-state index contributed by atoms with van der Waals surface area (Å²) in [6.45, 7) is 3.59. The highest BCUT2D eigenvalue weighted by molar-refractivity contribution is 7.89. The number of hydrogen-bond donors (Lipinski definition) is 2. The zero-order valence-corrected chi connectivity index (χ0v) is 27.2. The number of likely N-dealkylation sites (N-methyl/N-ethyl adjacent to an activating group) is 1. The number of anilines is 1. The number of carbonyl (C=O) groups excluding carboxylic acids is 2. The summed E-state index contributed by atoms with van der Waals surface area (Å²) in [5.74, 6) is -0.633. The summed E-state index contributed by atoms with van der Waals surface area (Å²) in [5, 5.41) is 14.3. The first-order chi connectivity index (χ1) is 21.4. The summed E-state index contributed by atoms with van der Waals surface area (Å²) >= 11 is 5.96. The molecule has 2 heterocycles. The first-order valence-electron chi connectivity index (χ1n) is 14.7. The van der Waals surface area contributed by atoms with Gasteiger partial charge in [-0.3, -0.25) is 9.59 Å². The van der Waals surface area contributed by atoms with Crippen molar-refractivity contribution in [2.45, 2.75) is 37.3 Å². The number of rotatable bonds is 9. The van der Waals surface area contributed by atoms with E-state index < -0.39 is 22.2 Å². The topological polar surface area (TPSA) is 121 Å². The third kappa shape index (κ3) is 6.86. The number of hydrogen-bond acceptors (Lipinski definition) is 6. The quantitative estimate of drug-likeness (QED) is 0.274. The van der Waals surface area contributed by atoms with E-state index in [9.17, 15) is 23.1 Å². The van der Waals surface area contributed by atoms with Crippen molar-refractivity contribution >= 4 is 50.0 Å². The second-order valence-electron chi connectivity index (χ2n) is 11.6. The maximum Gasteiger partial charge on any atom is 0.258 e. The van der Waals surface area contributed by atoms with Gasteiger partial charge in [-0.05, 0) is 61.0 Å². The molecule has 0 unspecified atom stereocenters. The molecular formula is C33H37ClN4O6S. The van der Waals surface area contributed by atoms with E-state index in [1.807, 2.05) is 49.0 Å². The van der Waals surface area contributed by atoms with Gasteiger partial charge in [0.05, 0.1) is 36.1 Å². The highest BCUT2D eigenvalue weighted by atomic mass is 35.5. The number of aliphatic hydroxyl groups excluding tert-OH is 1. The summed E-state index contributed by atoms with van der Waals surface area (Å²) in [6, 6.07) is 18.1. The van der Waals surface area contributed by atoms with Crippen molar-refractivity contribution in [2.75, 3.05) is 32.1 Å². The van der Waals surface area contributed by atoms with Gasteiger partial charge in [0.1, 0.15) is 11.9 Å². The van der Waals surface area contributed by atoms with Crippen LogP contribution in [0, 0.1) is 5.92 Å². The van der Waals surface area contributed by atoms with Crippen molar-refractivity contribution in [3.63, 3.8) is 0 Å². The Hall–Kier alpha value is -3.90. The lowest BCUT2D eigenvalue weighted by Gasteiger charge is -2.38. The number of nitrogens with one attached hydrogen (secondary N) is 1. The van der Waals surface area contributed by atoms with Gasteiger partial charge in [0, 0.05) is 54.4 Å². The van der Waals surface area contributed by atoms with Crippen LogP contribution in [-0.4, -0.2) is 78.0 Å². The van der Waals surface area contributed by atoms with Crippen LogP contribution in [0.25, 0.3) is 10.9 Å². The molecule has 0 fully saturated rings. The first-order valence-corrected chi connectivity index (χ1v) is 16.5. The molecule has 4 aromatic rings. The zero-order chi connectivity index (χ0) is 32.5. The molecule has 0 bridgehead atoms. The van der Waals surface area contributed by atoms with E-state index in [0.29, 0.717) is 10.7 Å². The van der Waals surface area contributed by atoms with E-state index in [0.717, 1.165) is 16.5 Å². The number of amides is 2. The van der Waals surface area contributed by atoms with Crippen molar-refractivity contribution < 1.29 is 27.9 Å². The van der Waals surface area contributed by atoms with Crippen LogP contribution in [0.4, 0.5) is 5.69 Å². The number of para-hydroxylation sites is 1. The Labute approximate surface area is 268 Å². The Morgan fingerprint density at radius 2 is 1.87 bits per heavy atom. The number of nitrogens with zero attached hydrogens (tertiary/aromatic N) is 3. The van der Waals surface area contributed by atoms with Crippen LogP contribution in [0.15, 0.2) is 77.8 Å². The molecule has 0 spiro atoms. The van der Waals surface area contributed by atoms with Gasteiger partial charge >= 0.3 is 0 Å². The van der Waals surface area contributed by atoms with Crippen LogP contribution in [0.1, 0.15) is 29.8 Å². The number of benzene rings is 3. The molecule has 3 atom stereocenters. The number of ether oxygens (including phenoxy) is 1. The molecule has 0 saturated carbocycles. The normalized spacial score (nSPS) is 17.8. The lowest BCUT2D eigenvalue weighted by Crippen LogP contribution is -2.50. The van der Waals surface area contributed by atoms with Gasteiger partial charge in [-0.2, -0.15) is 4.31 Å². The molecule has 10 nitrogen and oxygen atoms in total. The Morgan fingerprint density at radius 3 is 2.58 bits per heavy atom. The first kappa shape index (κ1) is 32.5. The SMILES string of the molecule is C[C@@H]1CN([C@H](C)CO)C(=O)c2cc(NC(=O)Cc3cn(C)c4ccccc34)ccc2O[C@@H]1CN(C)S(=O)(=O)c1ccc(Cl)cc1. The van der Waals surface area contributed by atoms with Gasteiger partial charge in [-0.15, -0.1) is 0 Å². The molecule has 2 amide bonds. The van der Waals surface area contributed by atoms with Crippen molar-refractivity contribution in [3.05, 3.63) is 89.1 Å². The van der Waals surface area contributed by atoms with E-state index in [4.69, 9.17) is 16.3 Å². The average Bonchev–Trinajstić information content (AvgIpc) is 3.33. The van der Waals surface area contributed by atoms with Gasteiger partial charge in [0.15, 0.2) is 0 Å². The monoisotopic (exact) mass is 652 g/mol. The Kier molecular flexibility index (Phi) is 9.54. The molecule has 5 rings (SSSR count). The number of aryl methyl sites for hydroxylation is 1. The molecule has 0 saturated heterocycles. The summed E-state index contributed by atoms with van der Waals surface area (Å²) < 4.78 is 36.2. The molecule has 12 heteroatoms. The van der Waals surface area contributed by atoms with Crippen LogP contribution in [-0.2, 0) is 28.3 Å². The second kappa shape index (κ2) is 13.2. The standard InChI is InChI=1S/C33H37ClN4O6S/c1-21-17-38(22(2)20-39)33(41)28-16-25(35-32(40)15-23-18-36(3)29-8-6-5-7-27(23)29)11-14-30(28)44-31(21)19-37(4)45(42,43)26-12-9-24(34)10-13-26/h5-14,16,18,21-22,31,39H,15,17,19-20H2,1-4H3,(H,35,40)/t21-,22-,31-/m1/s1.